The molecule has 5 nitrogen and oxygen atoms in total. The number of carbonyl (C=O) groups is 1. The molecule has 2 heterocycles. The van der Waals surface area contributed by atoms with Gasteiger partial charge in [0, 0.05) is 43.3 Å². The third kappa shape index (κ3) is 3.51. The molecule has 1 aromatic carbocycles. The number of halogens is 1. The predicted molar refractivity (Wildman–Crippen MR) is 95.3 cm³/mol. The second kappa shape index (κ2) is 7.19. The quantitative estimate of drug-likeness (QED) is 0.798. The van der Waals surface area contributed by atoms with Crippen molar-refractivity contribution in [2.75, 3.05) is 19.8 Å². The van der Waals surface area contributed by atoms with Gasteiger partial charge in [0.15, 0.2) is 0 Å². The van der Waals surface area contributed by atoms with Crippen LogP contribution in [0.2, 0.25) is 0 Å². The first-order valence-electron chi connectivity index (χ1n) is 9.33. The molecular weight excluding hydrogens is 333 g/mol. The molecule has 0 N–H and O–H groups in total. The molecule has 1 atom stereocenters. The van der Waals surface area contributed by atoms with E-state index < -0.39 is 5.82 Å². The van der Waals surface area contributed by atoms with Crippen LogP contribution < -0.4 is 0 Å². The highest BCUT2D eigenvalue weighted by Crippen LogP contribution is 2.34. The van der Waals surface area contributed by atoms with Crippen molar-refractivity contribution in [3.8, 4) is 0 Å². The van der Waals surface area contributed by atoms with Gasteiger partial charge in [-0.3, -0.25) is 9.48 Å². The van der Waals surface area contributed by atoms with Gasteiger partial charge in [-0.1, -0.05) is 6.07 Å². The van der Waals surface area contributed by atoms with Crippen molar-refractivity contribution in [1.82, 2.24) is 14.7 Å². The minimum atomic E-state index is -0.392. The first-order valence-corrected chi connectivity index (χ1v) is 9.33. The number of aromatic nitrogens is 2. The van der Waals surface area contributed by atoms with Gasteiger partial charge in [-0.15, -0.1) is 0 Å². The SMILES string of the molecule is CCOC[C@@H]1CN(C(=O)c2cccc(F)c2)Cc2cnn(CC3CC3)c21. The third-order valence-corrected chi connectivity index (χ3v) is 5.16. The molecule has 1 amide bonds. The molecule has 6 heteroatoms. The Morgan fingerprint density at radius 2 is 2.23 bits per heavy atom. The Balaban J connectivity index is 1.59. The van der Waals surface area contributed by atoms with E-state index in [2.05, 4.69) is 9.78 Å². The zero-order valence-electron chi connectivity index (χ0n) is 15.0. The van der Waals surface area contributed by atoms with Crippen LogP contribution in [0.4, 0.5) is 4.39 Å². The zero-order chi connectivity index (χ0) is 18.1. The van der Waals surface area contributed by atoms with E-state index in [0.717, 1.165) is 18.0 Å². The number of rotatable bonds is 6. The minimum absolute atomic E-state index is 0.0949. The minimum Gasteiger partial charge on any atom is -0.381 e. The van der Waals surface area contributed by atoms with Crippen molar-refractivity contribution in [2.24, 2.45) is 5.92 Å². The highest BCUT2D eigenvalue weighted by molar-refractivity contribution is 5.94. The highest BCUT2D eigenvalue weighted by Gasteiger charge is 2.33. The molecule has 1 fully saturated rings. The van der Waals surface area contributed by atoms with Crippen LogP contribution in [0.5, 0.6) is 0 Å². The Bertz CT molecular complexity index is 800. The molecule has 1 saturated carbocycles. The van der Waals surface area contributed by atoms with Crippen LogP contribution in [0.15, 0.2) is 30.5 Å². The van der Waals surface area contributed by atoms with Gasteiger partial charge < -0.3 is 9.64 Å². The van der Waals surface area contributed by atoms with Crippen LogP contribution in [0.1, 0.15) is 47.3 Å². The standard InChI is InChI=1S/C20H24FN3O2/c1-2-26-13-17-12-23(20(25)15-4-3-5-18(21)8-15)11-16-9-22-24(19(16)17)10-14-6-7-14/h3-5,8-9,14,17H,2,6-7,10-13H2,1H3/t17-/m0/s1. The lowest BCUT2D eigenvalue weighted by Gasteiger charge is -2.33. The summed E-state index contributed by atoms with van der Waals surface area (Å²) in [6, 6.07) is 5.88. The molecular formula is C20H24FN3O2. The Labute approximate surface area is 152 Å². The van der Waals surface area contributed by atoms with Gasteiger partial charge in [-0.05, 0) is 43.9 Å². The van der Waals surface area contributed by atoms with Gasteiger partial charge >= 0.3 is 0 Å². The fourth-order valence-corrected chi connectivity index (χ4v) is 3.69. The molecule has 1 aliphatic heterocycles. The molecule has 2 aromatic rings. The Hall–Kier alpha value is -2.21. The summed E-state index contributed by atoms with van der Waals surface area (Å²) in [5.74, 6) is 0.291. The van der Waals surface area contributed by atoms with E-state index in [1.807, 2.05) is 13.1 Å². The van der Waals surface area contributed by atoms with Gasteiger partial charge in [0.05, 0.1) is 18.5 Å². The van der Waals surface area contributed by atoms with E-state index >= 15 is 0 Å². The summed E-state index contributed by atoms with van der Waals surface area (Å²) in [6.07, 6.45) is 4.42. The molecule has 26 heavy (non-hydrogen) atoms. The van der Waals surface area contributed by atoms with Crippen molar-refractivity contribution in [1.29, 1.82) is 0 Å². The van der Waals surface area contributed by atoms with Crippen molar-refractivity contribution in [3.05, 3.63) is 53.1 Å². The van der Waals surface area contributed by atoms with E-state index in [4.69, 9.17) is 4.74 Å². The molecule has 0 unspecified atom stereocenters. The second-order valence-corrected chi connectivity index (χ2v) is 7.23. The van der Waals surface area contributed by atoms with E-state index in [1.165, 1.54) is 30.7 Å². The first kappa shape index (κ1) is 17.2. The van der Waals surface area contributed by atoms with Crippen LogP contribution >= 0.6 is 0 Å². The molecule has 138 valence electrons. The molecule has 0 saturated heterocycles. The average Bonchev–Trinajstić information content (AvgIpc) is 3.37. The number of amides is 1. The van der Waals surface area contributed by atoms with Crippen molar-refractivity contribution in [2.45, 2.75) is 38.8 Å². The van der Waals surface area contributed by atoms with Crippen molar-refractivity contribution < 1.29 is 13.9 Å². The topological polar surface area (TPSA) is 47.4 Å². The van der Waals surface area contributed by atoms with Crippen LogP contribution in [-0.4, -0.2) is 40.3 Å². The molecule has 1 aromatic heterocycles. The fraction of sp³-hybridized carbons (Fsp3) is 0.500. The molecule has 1 aliphatic carbocycles. The third-order valence-electron chi connectivity index (χ3n) is 5.16. The van der Waals surface area contributed by atoms with Crippen molar-refractivity contribution in [3.63, 3.8) is 0 Å². The molecule has 0 bridgehead atoms. The maximum absolute atomic E-state index is 13.5. The summed E-state index contributed by atoms with van der Waals surface area (Å²) < 4.78 is 21.3. The van der Waals surface area contributed by atoms with E-state index in [9.17, 15) is 9.18 Å². The number of nitrogens with zero attached hydrogens (tertiary/aromatic N) is 3. The average molecular weight is 357 g/mol. The van der Waals surface area contributed by atoms with Crippen LogP contribution in [0, 0.1) is 11.7 Å². The number of benzene rings is 1. The summed E-state index contributed by atoms with van der Waals surface area (Å²) in [4.78, 5) is 14.6. The van der Waals surface area contributed by atoms with Crippen LogP contribution in [-0.2, 0) is 17.8 Å². The summed E-state index contributed by atoms with van der Waals surface area (Å²) in [7, 11) is 0. The maximum atomic E-state index is 13.5. The van der Waals surface area contributed by atoms with Gasteiger partial charge in [0.2, 0.25) is 0 Å². The summed E-state index contributed by atoms with van der Waals surface area (Å²) in [5.41, 5.74) is 2.66. The van der Waals surface area contributed by atoms with Gasteiger partial charge in [0.25, 0.3) is 5.91 Å². The largest absolute Gasteiger partial charge is 0.381 e. The smallest absolute Gasteiger partial charge is 0.254 e. The Kier molecular flexibility index (Phi) is 4.76. The normalized spacial score (nSPS) is 19.5. The van der Waals surface area contributed by atoms with Crippen LogP contribution in [0.25, 0.3) is 0 Å². The number of hydrogen-bond donors (Lipinski definition) is 0. The first-order chi connectivity index (χ1) is 12.7. The maximum Gasteiger partial charge on any atom is 0.254 e. The monoisotopic (exact) mass is 357 g/mol. The number of carbonyl (C=O) groups excluding carboxylic acids is 1. The van der Waals surface area contributed by atoms with E-state index in [0.29, 0.717) is 31.9 Å². The number of ether oxygens (including phenoxy) is 1. The lowest BCUT2D eigenvalue weighted by molar-refractivity contribution is 0.0646. The lowest BCUT2D eigenvalue weighted by Crippen LogP contribution is -2.40. The molecule has 0 spiro atoms. The highest BCUT2D eigenvalue weighted by atomic mass is 19.1. The van der Waals surface area contributed by atoms with Gasteiger partial charge in [-0.2, -0.15) is 5.10 Å². The van der Waals surface area contributed by atoms with Crippen molar-refractivity contribution >= 4 is 5.91 Å². The number of fused-ring (bicyclic) bond motifs is 1. The van der Waals surface area contributed by atoms with Crippen LogP contribution in [0.3, 0.4) is 0 Å². The van der Waals surface area contributed by atoms with Gasteiger partial charge in [0.1, 0.15) is 5.82 Å². The zero-order valence-corrected chi connectivity index (χ0v) is 15.0. The summed E-state index contributed by atoms with van der Waals surface area (Å²) in [6.45, 7) is 5.21. The summed E-state index contributed by atoms with van der Waals surface area (Å²) >= 11 is 0. The summed E-state index contributed by atoms with van der Waals surface area (Å²) in [5, 5.41) is 4.58. The number of hydrogen-bond acceptors (Lipinski definition) is 3. The molecule has 0 radical (unpaired) electrons. The van der Waals surface area contributed by atoms with E-state index in [1.54, 1.807) is 17.0 Å². The fourth-order valence-electron chi connectivity index (χ4n) is 3.69. The predicted octanol–water partition coefficient (Wildman–Crippen LogP) is 3.21. The Morgan fingerprint density at radius 3 is 2.96 bits per heavy atom. The second-order valence-electron chi connectivity index (χ2n) is 7.23. The van der Waals surface area contributed by atoms with Gasteiger partial charge in [-0.25, -0.2) is 4.39 Å². The van der Waals surface area contributed by atoms with E-state index in [-0.39, 0.29) is 11.8 Å². The lowest BCUT2D eigenvalue weighted by atomic mass is 9.96. The molecule has 2 aliphatic rings. The Morgan fingerprint density at radius 1 is 1.38 bits per heavy atom. The molecule has 4 rings (SSSR count).